The van der Waals surface area contributed by atoms with E-state index in [9.17, 15) is 0 Å². The van der Waals surface area contributed by atoms with Gasteiger partial charge in [0.15, 0.2) is 0 Å². The third kappa shape index (κ3) is 8.97. The van der Waals surface area contributed by atoms with Gasteiger partial charge in [-0.1, -0.05) is 0 Å². The average molecular weight is 299 g/mol. The minimum absolute atomic E-state index is 0. The van der Waals surface area contributed by atoms with Crippen LogP contribution >= 0.6 is 0 Å². The van der Waals surface area contributed by atoms with Crippen LogP contribution in [0.1, 0.15) is 0 Å². The maximum absolute atomic E-state index is 0. The molecule has 4 heteroatoms. The Hall–Kier alpha value is 2.04. The Morgan fingerprint density at radius 2 is 1.00 bits per heavy atom. The number of rotatable bonds is 0. The molecule has 0 spiro atoms. The number of hydrogen-bond donors (Lipinski definition) is 0. The molecular weight excluding hydrogens is 297 g/mol. The Labute approximate surface area is 68.4 Å². The number of hydrogen-bond acceptors (Lipinski definition) is 0. The van der Waals surface area contributed by atoms with E-state index >= 15 is 0 Å². The van der Waals surface area contributed by atoms with E-state index in [-0.39, 0.29) is 69.1 Å². The molecule has 0 unspecified atom stereocenters. The third-order valence-corrected chi connectivity index (χ3v) is 0. The second-order valence-electron chi connectivity index (χ2n) is 0. The summed E-state index contributed by atoms with van der Waals surface area (Å²) in [4.78, 5) is 0. The molecule has 0 aliphatic heterocycles. The molecule has 0 amide bonds. The zero-order chi connectivity index (χ0) is 0. The molecule has 4 heavy (non-hydrogen) atoms. The van der Waals surface area contributed by atoms with Gasteiger partial charge in [-0.05, 0) is 0 Å². The second kappa shape index (κ2) is 19.8. The summed E-state index contributed by atoms with van der Waals surface area (Å²) < 4.78 is 0. The molecule has 2 N–H and O–H groups in total. The molecule has 18 valence electrons. The predicted octanol–water partition coefficient (Wildman–Crippen LogP) is -3.83. The van der Waals surface area contributed by atoms with E-state index in [4.69, 9.17) is 0 Å². The fourth-order valence-corrected chi connectivity index (χ4v) is 0. The molecule has 0 aliphatic carbocycles. The van der Waals surface area contributed by atoms with Crippen molar-refractivity contribution in [2.75, 3.05) is 0 Å². The van der Waals surface area contributed by atoms with E-state index in [1.807, 2.05) is 0 Å². The van der Waals surface area contributed by atoms with Crippen molar-refractivity contribution in [3.8, 4) is 0 Å². The van der Waals surface area contributed by atoms with Crippen LogP contribution in [0.4, 0.5) is 0 Å². The SMILES string of the molecule is O.[Li+].[Nb].[Ta]. The van der Waals surface area contributed by atoms with Crippen molar-refractivity contribution in [1.82, 2.24) is 0 Å². The quantitative estimate of drug-likeness (QED) is 0.411. The van der Waals surface area contributed by atoms with Crippen LogP contribution in [0, 0.1) is 0 Å². The van der Waals surface area contributed by atoms with Gasteiger partial charge in [0.1, 0.15) is 0 Å². The predicted molar refractivity (Wildman–Crippen MR) is 3.61 cm³/mol. The van der Waals surface area contributed by atoms with Gasteiger partial charge >= 0.3 is 18.9 Å². The maximum Gasteiger partial charge on any atom is 1.00 e. The van der Waals surface area contributed by atoms with Gasteiger partial charge in [0.2, 0.25) is 0 Å². The minimum atomic E-state index is 0. The molecule has 0 fully saturated rings. The Balaban J connectivity index is 0. The zero-order valence-corrected chi connectivity index (χ0v) is 7.81. The molecule has 0 heterocycles. The van der Waals surface area contributed by atoms with Gasteiger partial charge in [0, 0.05) is 44.8 Å². The Morgan fingerprint density at radius 3 is 1.00 bits per heavy atom. The Morgan fingerprint density at radius 1 is 1.00 bits per heavy atom. The molecular formula is H2LiNbOTa+. The summed E-state index contributed by atoms with van der Waals surface area (Å²) in [6.07, 6.45) is 0. The largest absolute Gasteiger partial charge is 1.00 e. The first-order valence-electron chi connectivity index (χ1n) is 0. The normalized spacial score (nSPS) is 0. The Kier molecular flexibility index (Phi) is 182. The van der Waals surface area contributed by atoms with E-state index in [0.29, 0.717) is 0 Å². The van der Waals surface area contributed by atoms with Gasteiger partial charge in [-0.25, -0.2) is 0 Å². The van der Waals surface area contributed by atoms with Crippen molar-refractivity contribution >= 4 is 0 Å². The van der Waals surface area contributed by atoms with Crippen LogP contribution < -0.4 is 18.9 Å². The molecule has 0 aromatic carbocycles. The van der Waals surface area contributed by atoms with Crippen molar-refractivity contribution in [3.05, 3.63) is 0 Å². The minimum Gasteiger partial charge on any atom is -0.412 e. The van der Waals surface area contributed by atoms with Crippen LogP contribution in [0.3, 0.4) is 0 Å². The topological polar surface area (TPSA) is 31.5 Å². The summed E-state index contributed by atoms with van der Waals surface area (Å²) in [6.45, 7) is 0. The molecule has 0 bridgehead atoms. The summed E-state index contributed by atoms with van der Waals surface area (Å²) in [5, 5.41) is 0. The average Bonchev–Trinajstić information content (AvgIpc) is 0. The van der Waals surface area contributed by atoms with Crippen LogP contribution in [0.2, 0.25) is 0 Å². The van der Waals surface area contributed by atoms with Crippen LogP contribution in [-0.2, 0) is 44.8 Å². The molecule has 0 atom stereocenters. The van der Waals surface area contributed by atoms with Crippen molar-refractivity contribution in [2.45, 2.75) is 0 Å². The van der Waals surface area contributed by atoms with Gasteiger partial charge in [0.05, 0.1) is 0 Å². The summed E-state index contributed by atoms with van der Waals surface area (Å²) in [5.74, 6) is 0. The van der Waals surface area contributed by atoms with Crippen LogP contribution in [0.5, 0.6) is 0 Å². The smallest absolute Gasteiger partial charge is 0.412 e. The first kappa shape index (κ1) is 36.9. The maximum atomic E-state index is 0. The van der Waals surface area contributed by atoms with E-state index in [1.54, 1.807) is 0 Å². The molecule has 1 nitrogen and oxygen atoms in total. The van der Waals surface area contributed by atoms with Gasteiger partial charge in [0.25, 0.3) is 0 Å². The van der Waals surface area contributed by atoms with Crippen LogP contribution in [-0.4, -0.2) is 5.48 Å². The van der Waals surface area contributed by atoms with Crippen molar-refractivity contribution in [1.29, 1.82) is 0 Å². The van der Waals surface area contributed by atoms with Crippen molar-refractivity contribution < 1.29 is 69.1 Å². The van der Waals surface area contributed by atoms with Gasteiger partial charge in [-0.3, -0.25) is 0 Å². The summed E-state index contributed by atoms with van der Waals surface area (Å²) in [7, 11) is 0. The van der Waals surface area contributed by atoms with E-state index in [0.717, 1.165) is 0 Å². The van der Waals surface area contributed by atoms with Crippen molar-refractivity contribution in [2.24, 2.45) is 0 Å². The summed E-state index contributed by atoms with van der Waals surface area (Å²) >= 11 is 0. The van der Waals surface area contributed by atoms with Crippen molar-refractivity contribution in [3.63, 3.8) is 0 Å². The van der Waals surface area contributed by atoms with Crippen LogP contribution in [0.25, 0.3) is 0 Å². The molecule has 0 aromatic rings. The summed E-state index contributed by atoms with van der Waals surface area (Å²) in [6, 6.07) is 0. The third-order valence-electron chi connectivity index (χ3n) is 0. The fourth-order valence-electron chi connectivity index (χ4n) is 0. The van der Waals surface area contributed by atoms with E-state index in [2.05, 4.69) is 0 Å². The fraction of sp³-hybridized carbons (Fsp3) is 0. The van der Waals surface area contributed by atoms with Gasteiger partial charge in [-0.15, -0.1) is 0 Å². The summed E-state index contributed by atoms with van der Waals surface area (Å²) in [5.41, 5.74) is 0. The molecule has 2 radical (unpaired) electrons. The van der Waals surface area contributed by atoms with Gasteiger partial charge in [-0.2, -0.15) is 0 Å². The van der Waals surface area contributed by atoms with Gasteiger partial charge < -0.3 is 5.48 Å². The second-order valence-corrected chi connectivity index (χ2v) is 0. The zero-order valence-electron chi connectivity index (χ0n) is 2.39. The molecule has 0 rings (SSSR count). The molecule has 0 saturated carbocycles. The monoisotopic (exact) mass is 299 g/mol. The molecule has 0 aliphatic rings. The molecule has 0 saturated heterocycles. The standard InChI is InChI=1S/Li.Nb.H2O.Ta/h;;1H2;/q+1;;;. The van der Waals surface area contributed by atoms with E-state index < -0.39 is 0 Å². The first-order valence-corrected chi connectivity index (χ1v) is 0. The molecule has 0 aromatic heterocycles. The first-order chi connectivity index (χ1) is 0. The van der Waals surface area contributed by atoms with Crippen LogP contribution in [0.15, 0.2) is 0 Å². The van der Waals surface area contributed by atoms with E-state index in [1.165, 1.54) is 0 Å². The Bertz CT molecular complexity index is 8.00.